The number of carbonyl (C=O) groups excluding carboxylic acids is 2. The number of carbonyl (C=O) groups is 2. The molecule has 0 atom stereocenters. The number of anilines is 3. The molecule has 0 aliphatic rings. The minimum Gasteiger partial charge on any atom is -0.465 e. The van der Waals surface area contributed by atoms with Crippen molar-refractivity contribution in [3.05, 3.63) is 90.0 Å². The first-order valence-electron chi connectivity index (χ1n) is 8.36. The number of hydrogen-bond donors (Lipinski definition) is 0. The summed E-state index contributed by atoms with van der Waals surface area (Å²) in [5, 5.41) is 0. The second-order valence-corrected chi connectivity index (χ2v) is 5.76. The number of para-hydroxylation sites is 2. The monoisotopic (exact) mass is 361 g/mol. The van der Waals surface area contributed by atoms with E-state index in [1.165, 1.54) is 20.3 Å². The lowest BCUT2D eigenvalue weighted by molar-refractivity contribution is 0.0599. The first-order valence-corrected chi connectivity index (χ1v) is 8.36. The molecule has 0 aliphatic heterocycles. The summed E-state index contributed by atoms with van der Waals surface area (Å²) in [6.45, 7) is 0. The standard InChI is InChI=1S/C22H19NO4/c1-26-21(24)16-13-17(22(25)27-2)15-20(14-16)23(18-9-5-3-6-10-18)19-11-7-4-8-12-19/h3-15H,1-2H3. The van der Waals surface area contributed by atoms with Crippen molar-refractivity contribution in [3.8, 4) is 0 Å². The fourth-order valence-corrected chi connectivity index (χ4v) is 2.81. The Balaban J connectivity index is 2.22. The lowest BCUT2D eigenvalue weighted by atomic mass is 10.1. The first kappa shape index (κ1) is 18.2. The summed E-state index contributed by atoms with van der Waals surface area (Å²) >= 11 is 0. The molecule has 0 N–H and O–H groups in total. The lowest BCUT2D eigenvalue weighted by Gasteiger charge is -2.26. The summed E-state index contributed by atoms with van der Waals surface area (Å²) in [4.78, 5) is 26.2. The Hall–Kier alpha value is -3.60. The van der Waals surface area contributed by atoms with Crippen LogP contribution < -0.4 is 4.90 Å². The Labute approximate surface area is 157 Å². The van der Waals surface area contributed by atoms with E-state index in [2.05, 4.69) is 0 Å². The van der Waals surface area contributed by atoms with Gasteiger partial charge in [-0.2, -0.15) is 0 Å². The maximum Gasteiger partial charge on any atom is 0.337 e. The quantitative estimate of drug-likeness (QED) is 0.615. The van der Waals surface area contributed by atoms with Crippen molar-refractivity contribution >= 4 is 29.0 Å². The summed E-state index contributed by atoms with van der Waals surface area (Å²) in [7, 11) is 2.61. The van der Waals surface area contributed by atoms with Crippen LogP contribution in [0.15, 0.2) is 78.9 Å². The summed E-state index contributed by atoms with van der Waals surface area (Å²) < 4.78 is 9.68. The van der Waals surface area contributed by atoms with Crippen LogP contribution >= 0.6 is 0 Å². The van der Waals surface area contributed by atoms with Crippen LogP contribution in [0.25, 0.3) is 0 Å². The maximum absolute atomic E-state index is 12.1. The topological polar surface area (TPSA) is 55.8 Å². The van der Waals surface area contributed by atoms with Gasteiger partial charge in [0.15, 0.2) is 0 Å². The van der Waals surface area contributed by atoms with Crippen molar-refractivity contribution in [3.63, 3.8) is 0 Å². The zero-order valence-corrected chi connectivity index (χ0v) is 15.1. The third-order valence-corrected chi connectivity index (χ3v) is 4.05. The molecule has 5 nitrogen and oxygen atoms in total. The van der Waals surface area contributed by atoms with Gasteiger partial charge >= 0.3 is 11.9 Å². The number of rotatable bonds is 5. The molecule has 0 fully saturated rings. The molecule has 0 heterocycles. The molecular formula is C22H19NO4. The van der Waals surface area contributed by atoms with Gasteiger partial charge in [-0.1, -0.05) is 36.4 Å². The molecule has 136 valence electrons. The van der Waals surface area contributed by atoms with Gasteiger partial charge in [0.05, 0.1) is 25.3 Å². The molecule has 3 aromatic rings. The van der Waals surface area contributed by atoms with Crippen molar-refractivity contribution in [1.82, 2.24) is 0 Å². The predicted molar refractivity (Wildman–Crippen MR) is 104 cm³/mol. The van der Waals surface area contributed by atoms with Crippen molar-refractivity contribution in [2.45, 2.75) is 0 Å². The average molecular weight is 361 g/mol. The highest BCUT2D eigenvalue weighted by molar-refractivity contribution is 5.98. The summed E-state index contributed by atoms with van der Waals surface area (Å²) in [5.74, 6) is -1.05. The molecule has 0 amide bonds. The van der Waals surface area contributed by atoms with E-state index < -0.39 is 11.9 Å². The van der Waals surface area contributed by atoms with E-state index in [-0.39, 0.29) is 11.1 Å². The van der Waals surface area contributed by atoms with Gasteiger partial charge in [0.25, 0.3) is 0 Å². The van der Waals surface area contributed by atoms with Crippen molar-refractivity contribution in [1.29, 1.82) is 0 Å². The van der Waals surface area contributed by atoms with E-state index in [1.54, 1.807) is 12.1 Å². The van der Waals surface area contributed by atoms with Gasteiger partial charge in [0.2, 0.25) is 0 Å². The number of benzene rings is 3. The van der Waals surface area contributed by atoms with Crippen LogP contribution in [0.5, 0.6) is 0 Å². The van der Waals surface area contributed by atoms with Gasteiger partial charge < -0.3 is 14.4 Å². The Morgan fingerprint density at radius 2 is 1.04 bits per heavy atom. The Morgan fingerprint density at radius 1 is 0.630 bits per heavy atom. The molecule has 0 spiro atoms. The molecule has 0 bridgehead atoms. The van der Waals surface area contributed by atoms with E-state index >= 15 is 0 Å². The van der Waals surface area contributed by atoms with Gasteiger partial charge in [-0.15, -0.1) is 0 Å². The fourth-order valence-electron chi connectivity index (χ4n) is 2.81. The Morgan fingerprint density at radius 3 is 1.41 bits per heavy atom. The molecule has 0 unspecified atom stereocenters. The molecule has 3 rings (SSSR count). The van der Waals surface area contributed by atoms with E-state index in [0.717, 1.165) is 11.4 Å². The van der Waals surface area contributed by atoms with Crippen LogP contribution in [0, 0.1) is 0 Å². The average Bonchev–Trinajstić information content (AvgIpc) is 2.74. The van der Waals surface area contributed by atoms with Crippen LogP contribution in [-0.2, 0) is 9.47 Å². The van der Waals surface area contributed by atoms with Gasteiger partial charge in [0, 0.05) is 17.1 Å². The largest absolute Gasteiger partial charge is 0.465 e. The van der Waals surface area contributed by atoms with Gasteiger partial charge in [-0.05, 0) is 42.5 Å². The first-order chi connectivity index (χ1) is 13.1. The molecule has 5 heteroatoms. The van der Waals surface area contributed by atoms with Gasteiger partial charge in [-0.25, -0.2) is 9.59 Å². The molecule has 0 aromatic heterocycles. The number of ether oxygens (including phenoxy) is 2. The lowest BCUT2D eigenvalue weighted by Crippen LogP contribution is -2.13. The summed E-state index contributed by atoms with van der Waals surface area (Å²) in [6.07, 6.45) is 0. The van der Waals surface area contributed by atoms with E-state index in [9.17, 15) is 9.59 Å². The number of methoxy groups -OCH3 is 2. The number of nitrogens with zero attached hydrogens (tertiary/aromatic N) is 1. The molecule has 0 radical (unpaired) electrons. The molecular weight excluding hydrogens is 342 g/mol. The normalized spacial score (nSPS) is 10.1. The van der Waals surface area contributed by atoms with Crippen molar-refractivity contribution in [2.75, 3.05) is 19.1 Å². The van der Waals surface area contributed by atoms with Gasteiger partial charge in [0.1, 0.15) is 0 Å². The minimum atomic E-state index is -0.525. The van der Waals surface area contributed by atoms with E-state index in [0.29, 0.717) is 5.69 Å². The third-order valence-electron chi connectivity index (χ3n) is 4.05. The van der Waals surface area contributed by atoms with Crippen LogP contribution in [0.3, 0.4) is 0 Å². The highest BCUT2D eigenvalue weighted by atomic mass is 16.5. The second-order valence-electron chi connectivity index (χ2n) is 5.76. The fraction of sp³-hybridized carbons (Fsp3) is 0.0909. The molecule has 0 aliphatic carbocycles. The third kappa shape index (κ3) is 3.98. The zero-order chi connectivity index (χ0) is 19.2. The molecule has 3 aromatic carbocycles. The Kier molecular flexibility index (Phi) is 5.52. The van der Waals surface area contributed by atoms with Crippen LogP contribution in [0.4, 0.5) is 17.1 Å². The van der Waals surface area contributed by atoms with Crippen molar-refractivity contribution in [2.24, 2.45) is 0 Å². The van der Waals surface area contributed by atoms with Gasteiger partial charge in [-0.3, -0.25) is 0 Å². The van der Waals surface area contributed by atoms with Crippen LogP contribution in [0.1, 0.15) is 20.7 Å². The smallest absolute Gasteiger partial charge is 0.337 e. The van der Waals surface area contributed by atoms with E-state index in [1.807, 2.05) is 65.6 Å². The number of hydrogen-bond acceptors (Lipinski definition) is 5. The maximum atomic E-state index is 12.1. The summed E-state index contributed by atoms with van der Waals surface area (Å²) in [5.41, 5.74) is 2.97. The predicted octanol–water partition coefficient (Wildman–Crippen LogP) is 4.73. The highest BCUT2D eigenvalue weighted by Gasteiger charge is 2.19. The zero-order valence-electron chi connectivity index (χ0n) is 15.1. The van der Waals surface area contributed by atoms with Crippen LogP contribution in [-0.4, -0.2) is 26.2 Å². The highest BCUT2D eigenvalue weighted by Crippen LogP contribution is 2.35. The Bertz CT molecular complexity index is 865. The molecule has 27 heavy (non-hydrogen) atoms. The minimum absolute atomic E-state index is 0.271. The van der Waals surface area contributed by atoms with Crippen LogP contribution in [0.2, 0.25) is 0 Å². The number of esters is 2. The second kappa shape index (κ2) is 8.19. The van der Waals surface area contributed by atoms with Crippen molar-refractivity contribution < 1.29 is 19.1 Å². The summed E-state index contributed by atoms with van der Waals surface area (Å²) in [6, 6.07) is 24.2. The molecule has 0 saturated heterocycles. The molecule has 0 saturated carbocycles. The van der Waals surface area contributed by atoms with E-state index in [4.69, 9.17) is 9.47 Å². The SMILES string of the molecule is COC(=O)c1cc(C(=O)OC)cc(N(c2ccccc2)c2ccccc2)c1.